The van der Waals surface area contributed by atoms with Crippen LogP contribution < -0.4 is 9.80 Å². The number of para-hydroxylation sites is 2. The van der Waals surface area contributed by atoms with Crippen LogP contribution in [0, 0.1) is 20.7 Å². The maximum atomic E-state index is 7.73. The van der Waals surface area contributed by atoms with E-state index in [4.69, 9.17) is 4.11 Å². The molecule has 0 bridgehead atoms. The highest BCUT2D eigenvalue weighted by Crippen LogP contribution is 2.44. The van der Waals surface area contributed by atoms with Crippen LogP contribution in [0.25, 0.3) is 5.78 Å². The lowest BCUT2D eigenvalue weighted by atomic mass is 10.2. The summed E-state index contributed by atoms with van der Waals surface area (Å²) in [7, 11) is 4.03. The molecule has 0 N–H and O–H groups in total. The van der Waals surface area contributed by atoms with Crippen molar-refractivity contribution in [3.8, 4) is 0 Å². The zero-order valence-electron chi connectivity index (χ0n) is 17.1. The minimum Gasteiger partial charge on any atom is -0.352 e. The fourth-order valence-corrected chi connectivity index (χ4v) is 3.72. The van der Waals surface area contributed by atoms with Gasteiger partial charge in [0.2, 0.25) is 5.78 Å². The van der Waals surface area contributed by atoms with Gasteiger partial charge in [0.05, 0.1) is 22.8 Å². The highest BCUT2D eigenvalue weighted by atomic mass is 15.4. The molecular weight excluding hydrogens is 286 g/mol. The number of hydrogen-bond acceptors (Lipinski definition) is 3. The Kier molecular flexibility index (Phi) is 2.20. The third-order valence-electron chi connectivity index (χ3n) is 5.05. The van der Waals surface area contributed by atoms with E-state index in [9.17, 15) is 0 Å². The van der Waals surface area contributed by atoms with Crippen molar-refractivity contribution in [2.24, 2.45) is 7.05 Å². The first kappa shape index (κ1) is 11.2. The first-order valence-electron chi connectivity index (χ1n) is 9.30. The predicted octanol–water partition coefficient (Wildman–Crippen LogP) is 3.53. The quantitative estimate of drug-likeness (QED) is 0.688. The molecule has 5 heteroatoms. The van der Waals surface area contributed by atoms with Gasteiger partial charge >= 0.3 is 0 Å². The van der Waals surface area contributed by atoms with Gasteiger partial charge in [0, 0.05) is 23.9 Å². The molecule has 120 valence electrons. The maximum Gasteiger partial charge on any atom is 0.215 e. The van der Waals surface area contributed by atoms with E-state index in [1.165, 1.54) is 5.69 Å². The number of rotatable bonds is 1. The largest absolute Gasteiger partial charge is 0.352 e. The number of aromatic nitrogens is 3. The molecule has 4 rings (SSSR count). The number of hydrogen-bond donors (Lipinski definition) is 0. The van der Waals surface area contributed by atoms with Crippen molar-refractivity contribution >= 4 is 23.0 Å². The highest BCUT2D eigenvalue weighted by molar-refractivity contribution is 5.83. The van der Waals surface area contributed by atoms with Crippen LogP contribution in [0.4, 0.5) is 17.2 Å². The zero-order chi connectivity index (χ0) is 19.0. The lowest BCUT2D eigenvalue weighted by molar-refractivity contribution is 0.711. The van der Waals surface area contributed by atoms with Crippen molar-refractivity contribution < 1.29 is 4.11 Å². The molecule has 0 spiro atoms. The van der Waals surface area contributed by atoms with Crippen LogP contribution in [0.5, 0.6) is 0 Å². The number of anilines is 3. The van der Waals surface area contributed by atoms with Crippen molar-refractivity contribution in [3.63, 3.8) is 0 Å². The van der Waals surface area contributed by atoms with Gasteiger partial charge < -0.3 is 9.80 Å². The molecule has 1 aliphatic rings. The van der Waals surface area contributed by atoms with Crippen LogP contribution in [0.2, 0.25) is 0 Å². The van der Waals surface area contributed by atoms with E-state index < -0.39 is 6.85 Å². The first-order chi connectivity index (χ1) is 12.1. The summed E-state index contributed by atoms with van der Waals surface area (Å²) in [4.78, 5) is 8.99. The van der Waals surface area contributed by atoms with Gasteiger partial charge in [-0.1, -0.05) is 12.1 Å². The molecule has 3 aromatic rings. The first-order valence-corrected chi connectivity index (χ1v) is 7.80. The van der Waals surface area contributed by atoms with Crippen molar-refractivity contribution in [2.75, 3.05) is 16.8 Å². The van der Waals surface area contributed by atoms with E-state index in [-0.39, 0.29) is 11.9 Å². The monoisotopic (exact) mass is 312 g/mol. The fraction of sp³-hybridized carbons (Fsp3) is 0.389. The molecule has 23 heavy (non-hydrogen) atoms. The Bertz CT molecular complexity index is 1010. The number of imidazole rings is 2. The molecule has 1 aliphatic heterocycles. The zero-order valence-corrected chi connectivity index (χ0v) is 14.1. The average Bonchev–Trinajstić information content (AvgIpc) is 3.13. The lowest BCUT2D eigenvalue weighted by Gasteiger charge is -2.28. The van der Waals surface area contributed by atoms with Gasteiger partial charge in [-0.2, -0.15) is 0 Å². The Balaban J connectivity index is 1.97. The fourth-order valence-electron chi connectivity index (χ4n) is 3.72. The second kappa shape index (κ2) is 4.54. The van der Waals surface area contributed by atoms with E-state index in [0.717, 1.165) is 17.2 Å². The minimum atomic E-state index is -2.21. The smallest absolute Gasteiger partial charge is 0.215 e. The lowest BCUT2D eigenvalue weighted by Crippen LogP contribution is -2.36. The molecule has 2 aromatic heterocycles. The Hall–Kier alpha value is -2.43. The van der Waals surface area contributed by atoms with Crippen LogP contribution in [-0.4, -0.2) is 27.2 Å². The van der Waals surface area contributed by atoms with E-state index in [1.807, 2.05) is 42.0 Å². The molecule has 1 aromatic carbocycles. The minimum absolute atomic E-state index is 0.145. The molecule has 3 heterocycles. The molecule has 0 amide bonds. The molecule has 0 radical (unpaired) electrons. The topological polar surface area (TPSA) is 28.7 Å². The van der Waals surface area contributed by atoms with Crippen molar-refractivity contribution in [1.29, 1.82) is 0 Å². The number of fused-ring (bicyclic) bond motifs is 2. The number of nitrogens with zero attached hydrogens (tertiary/aromatic N) is 5. The van der Waals surface area contributed by atoms with Gasteiger partial charge in [0.25, 0.3) is 0 Å². The third kappa shape index (κ3) is 1.65. The van der Waals surface area contributed by atoms with Crippen molar-refractivity contribution in [2.45, 2.75) is 33.8 Å². The summed E-state index contributed by atoms with van der Waals surface area (Å²) in [6.07, 6.45) is 0.145. The number of aryl methyl sites for hydroxylation is 4. The van der Waals surface area contributed by atoms with E-state index in [1.54, 1.807) is 0 Å². The maximum absolute atomic E-state index is 7.73. The molecule has 0 unspecified atom stereocenters. The van der Waals surface area contributed by atoms with Crippen molar-refractivity contribution in [3.05, 3.63) is 41.3 Å². The van der Waals surface area contributed by atoms with Gasteiger partial charge in [-0.25, -0.2) is 4.98 Å². The standard InChI is InChI=1S/C18H23N5/c1-11-12(2)22-13(3)17(21(6)18(22)19-11)23-14(4)20(5)15-9-7-8-10-16(15)23/h7-10,14H,1-6H3/t14-/m0/s1/i1D3. The molecule has 0 aliphatic carbocycles. The van der Waals surface area contributed by atoms with Crippen LogP contribution in [0.15, 0.2) is 24.3 Å². The summed E-state index contributed by atoms with van der Waals surface area (Å²) < 4.78 is 27.1. The summed E-state index contributed by atoms with van der Waals surface area (Å²) in [6.45, 7) is 3.80. The van der Waals surface area contributed by atoms with Crippen LogP contribution in [0.3, 0.4) is 0 Å². The Morgan fingerprint density at radius 3 is 2.43 bits per heavy atom. The summed E-state index contributed by atoms with van der Waals surface area (Å²) in [6, 6.07) is 8.32. The van der Waals surface area contributed by atoms with Gasteiger partial charge in [-0.15, -0.1) is 0 Å². The van der Waals surface area contributed by atoms with Gasteiger partial charge in [-0.05, 0) is 39.8 Å². The van der Waals surface area contributed by atoms with E-state index >= 15 is 0 Å². The second-order valence-electron chi connectivity index (χ2n) is 6.25. The molecule has 0 saturated heterocycles. The third-order valence-corrected chi connectivity index (χ3v) is 5.05. The van der Waals surface area contributed by atoms with Gasteiger partial charge in [0.1, 0.15) is 12.0 Å². The van der Waals surface area contributed by atoms with Gasteiger partial charge in [-0.3, -0.25) is 8.97 Å². The molecule has 0 fully saturated rings. The average molecular weight is 312 g/mol. The van der Waals surface area contributed by atoms with E-state index in [2.05, 4.69) is 40.9 Å². The van der Waals surface area contributed by atoms with E-state index in [0.29, 0.717) is 11.5 Å². The van der Waals surface area contributed by atoms with Crippen LogP contribution >= 0.6 is 0 Å². The summed E-state index contributed by atoms with van der Waals surface area (Å²) in [5.41, 5.74) is 4.15. The summed E-state index contributed by atoms with van der Waals surface area (Å²) in [5, 5.41) is 0. The van der Waals surface area contributed by atoms with Crippen LogP contribution in [0.1, 0.15) is 28.1 Å². The summed E-state index contributed by atoms with van der Waals surface area (Å²) in [5.74, 6) is 1.68. The Labute approximate surface area is 141 Å². The molecular formula is C18H23N5. The molecule has 5 nitrogen and oxygen atoms in total. The molecule has 1 atom stereocenters. The Morgan fingerprint density at radius 1 is 1.09 bits per heavy atom. The molecule has 0 saturated carbocycles. The predicted molar refractivity (Wildman–Crippen MR) is 94.8 cm³/mol. The van der Waals surface area contributed by atoms with Crippen molar-refractivity contribution in [1.82, 2.24) is 14.0 Å². The van der Waals surface area contributed by atoms with Gasteiger partial charge in [0.15, 0.2) is 0 Å². The highest BCUT2D eigenvalue weighted by Gasteiger charge is 2.34. The second-order valence-corrected chi connectivity index (χ2v) is 6.25. The normalized spacial score (nSPS) is 19.9. The summed E-state index contributed by atoms with van der Waals surface area (Å²) >= 11 is 0. The SMILES string of the molecule is [2H]C([2H])([2H])c1nc2n(C)c(N3c4ccccc4N(C)[C@@H]3C)c(C)n2c1C. The Morgan fingerprint density at radius 2 is 1.78 bits per heavy atom. The van der Waals surface area contributed by atoms with Crippen LogP contribution in [-0.2, 0) is 7.05 Å². The number of benzene rings is 1.